The van der Waals surface area contributed by atoms with Crippen molar-refractivity contribution in [1.82, 2.24) is 4.90 Å². The van der Waals surface area contributed by atoms with Crippen molar-refractivity contribution in [2.45, 2.75) is 25.8 Å². The van der Waals surface area contributed by atoms with Gasteiger partial charge in [0.05, 0.1) is 0 Å². The number of benzene rings is 1. The Balaban J connectivity index is 1.90. The van der Waals surface area contributed by atoms with Crippen molar-refractivity contribution in [2.24, 2.45) is 0 Å². The van der Waals surface area contributed by atoms with Gasteiger partial charge in [-0.15, -0.1) is 0 Å². The minimum atomic E-state index is -2.98. The maximum atomic E-state index is 12.0. The van der Waals surface area contributed by atoms with Crippen LogP contribution in [0.15, 0.2) is 24.3 Å². The van der Waals surface area contributed by atoms with E-state index in [1.807, 2.05) is 12.1 Å². The fourth-order valence-corrected chi connectivity index (χ4v) is 2.09. The molecule has 0 radical (unpaired) electrons. The summed E-state index contributed by atoms with van der Waals surface area (Å²) in [5.41, 5.74) is 1.54. The van der Waals surface area contributed by atoms with Gasteiger partial charge < -0.3 is 5.32 Å². The lowest BCUT2D eigenvalue weighted by Gasteiger charge is -2.14. The van der Waals surface area contributed by atoms with Crippen LogP contribution in [0.25, 0.3) is 0 Å². The number of halogens is 2. The second-order valence-electron chi connectivity index (χ2n) is 4.47. The first-order valence-corrected chi connectivity index (χ1v) is 6.05. The number of carbonyl (C=O) groups excluding carboxylic acids is 1. The second-order valence-corrected chi connectivity index (χ2v) is 4.47. The van der Waals surface area contributed by atoms with Gasteiger partial charge in [0.25, 0.3) is 5.91 Å². The van der Waals surface area contributed by atoms with Crippen LogP contribution in [-0.4, -0.2) is 30.3 Å². The number of likely N-dealkylation sites (tertiary alicyclic amines) is 1. The van der Waals surface area contributed by atoms with Crippen LogP contribution in [0.1, 0.15) is 18.4 Å². The number of amides is 1. The van der Waals surface area contributed by atoms with Gasteiger partial charge in [-0.3, -0.25) is 9.69 Å². The van der Waals surface area contributed by atoms with E-state index < -0.39 is 12.3 Å². The van der Waals surface area contributed by atoms with E-state index in [9.17, 15) is 13.6 Å². The standard InChI is InChI=1S/C13H16F2N2O/c14-12(15)13(18)16-11-5-3-10(4-6-11)9-17-7-1-2-8-17/h3-6,12H,1-2,7-9H2,(H,16,18). The average molecular weight is 254 g/mol. The molecule has 1 heterocycles. The zero-order chi connectivity index (χ0) is 13.0. The Kier molecular flexibility index (Phi) is 4.25. The molecule has 1 aliphatic heterocycles. The maximum Gasteiger partial charge on any atom is 0.315 e. The third-order valence-corrected chi connectivity index (χ3v) is 3.02. The number of alkyl halides is 2. The lowest BCUT2D eigenvalue weighted by Crippen LogP contribution is -2.20. The molecule has 1 aliphatic rings. The minimum absolute atomic E-state index is 0.408. The first-order valence-electron chi connectivity index (χ1n) is 6.05. The van der Waals surface area contributed by atoms with Gasteiger partial charge in [0.15, 0.2) is 0 Å². The predicted octanol–water partition coefficient (Wildman–Crippen LogP) is 2.49. The van der Waals surface area contributed by atoms with E-state index in [1.165, 1.54) is 12.8 Å². The van der Waals surface area contributed by atoms with Crippen LogP contribution in [0, 0.1) is 0 Å². The minimum Gasteiger partial charge on any atom is -0.321 e. The van der Waals surface area contributed by atoms with E-state index in [4.69, 9.17) is 0 Å². The van der Waals surface area contributed by atoms with Crippen LogP contribution in [0.3, 0.4) is 0 Å². The molecule has 0 aromatic heterocycles. The highest BCUT2D eigenvalue weighted by Gasteiger charge is 2.15. The van der Waals surface area contributed by atoms with E-state index in [-0.39, 0.29) is 0 Å². The molecule has 3 nitrogen and oxygen atoms in total. The largest absolute Gasteiger partial charge is 0.321 e. The van der Waals surface area contributed by atoms with Gasteiger partial charge in [-0.05, 0) is 43.6 Å². The number of hydrogen-bond acceptors (Lipinski definition) is 2. The Morgan fingerprint density at radius 2 is 1.83 bits per heavy atom. The lowest BCUT2D eigenvalue weighted by molar-refractivity contribution is -0.126. The van der Waals surface area contributed by atoms with Crippen molar-refractivity contribution in [3.63, 3.8) is 0 Å². The molecular weight excluding hydrogens is 238 g/mol. The number of hydrogen-bond donors (Lipinski definition) is 1. The van der Waals surface area contributed by atoms with Crippen molar-refractivity contribution < 1.29 is 13.6 Å². The van der Waals surface area contributed by atoms with Crippen molar-refractivity contribution in [1.29, 1.82) is 0 Å². The third-order valence-electron chi connectivity index (χ3n) is 3.02. The molecule has 0 bridgehead atoms. The summed E-state index contributed by atoms with van der Waals surface area (Å²) in [5.74, 6) is -1.26. The zero-order valence-electron chi connectivity index (χ0n) is 10.0. The molecule has 98 valence electrons. The van der Waals surface area contributed by atoms with E-state index in [0.717, 1.165) is 25.2 Å². The molecule has 2 rings (SSSR count). The zero-order valence-corrected chi connectivity index (χ0v) is 10.0. The van der Waals surface area contributed by atoms with E-state index in [0.29, 0.717) is 5.69 Å². The number of nitrogens with one attached hydrogen (secondary N) is 1. The van der Waals surface area contributed by atoms with Gasteiger partial charge in [0.2, 0.25) is 0 Å². The fraction of sp³-hybridized carbons (Fsp3) is 0.462. The first kappa shape index (κ1) is 13.0. The molecule has 5 heteroatoms. The molecule has 1 amide bonds. The highest BCUT2D eigenvalue weighted by atomic mass is 19.3. The van der Waals surface area contributed by atoms with Crippen molar-refractivity contribution in [2.75, 3.05) is 18.4 Å². The van der Waals surface area contributed by atoms with Crippen molar-refractivity contribution in [3.05, 3.63) is 29.8 Å². The molecule has 0 unspecified atom stereocenters. The second kappa shape index (κ2) is 5.91. The molecule has 0 saturated carbocycles. The number of rotatable bonds is 4. The Morgan fingerprint density at radius 3 is 2.39 bits per heavy atom. The molecule has 1 N–H and O–H groups in total. The summed E-state index contributed by atoms with van der Waals surface area (Å²) in [6.07, 6.45) is -0.500. The molecule has 1 aromatic carbocycles. The molecule has 0 spiro atoms. The summed E-state index contributed by atoms with van der Waals surface area (Å²) in [7, 11) is 0. The van der Waals surface area contributed by atoms with Crippen molar-refractivity contribution >= 4 is 11.6 Å². The summed E-state index contributed by atoms with van der Waals surface area (Å²) in [6, 6.07) is 7.04. The molecule has 18 heavy (non-hydrogen) atoms. The van der Waals surface area contributed by atoms with Crippen LogP contribution in [0.5, 0.6) is 0 Å². The smallest absolute Gasteiger partial charge is 0.315 e. The highest BCUT2D eigenvalue weighted by molar-refractivity contribution is 5.92. The Morgan fingerprint density at radius 1 is 1.22 bits per heavy atom. The normalized spacial score (nSPS) is 16.2. The predicted molar refractivity (Wildman–Crippen MR) is 65.6 cm³/mol. The SMILES string of the molecule is O=C(Nc1ccc(CN2CCCC2)cc1)C(F)F. The van der Waals surface area contributed by atoms with Gasteiger partial charge in [-0.25, -0.2) is 0 Å². The van der Waals surface area contributed by atoms with Crippen LogP contribution in [0.4, 0.5) is 14.5 Å². The van der Waals surface area contributed by atoms with Crippen LogP contribution in [-0.2, 0) is 11.3 Å². The molecule has 1 fully saturated rings. The monoisotopic (exact) mass is 254 g/mol. The molecule has 0 atom stereocenters. The highest BCUT2D eigenvalue weighted by Crippen LogP contribution is 2.15. The first-order chi connectivity index (χ1) is 8.65. The Labute approximate surface area is 105 Å². The Hall–Kier alpha value is -1.49. The van der Waals surface area contributed by atoms with Gasteiger partial charge in [0, 0.05) is 12.2 Å². The quantitative estimate of drug-likeness (QED) is 0.895. The summed E-state index contributed by atoms with van der Waals surface area (Å²) in [5, 5.41) is 2.16. The third kappa shape index (κ3) is 3.50. The molecule has 1 saturated heterocycles. The number of carbonyl (C=O) groups is 1. The van der Waals surface area contributed by atoms with Gasteiger partial charge >= 0.3 is 6.43 Å². The van der Waals surface area contributed by atoms with Crippen LogP contribution < -0.4 is 5.32 Å². The van der Waals surface area contributed by atoms with E-state index in [2.05, 4.69) is 10.2 Å². The van der Waals surface area contributed by atoms with Crippen molar-refractivity contribution in [3.8, 4) is 0 Å². The number of anilines is 1. The van der Waals surface area contributed by atoms with Gasteiger partial charge in [0.1, 0.15) is 0 Å². The van der Waals surface area contributed by atoms with Gasteiger partial charge in [-0.1, -0.05) is 12.1 Å². The van der Waals surface area contributed by atoms with E-state index in [1.54, 1.807) is 12.1 Å². The Bertz CT molecular complexity index is 400. The van der Waals surface area contributed by atoms with E-state index >= 15 is 0 Å². The summed E-state index contributed by atoms with van der Waals surface area (Å²) in [4.78, 5) is 13.2. The molecule has 0 aliphatic carbocycles. The molecule has 1 aromatic rings. The summed E-state index contributed by atoms with van der Waals surface area (Å²) >= 11 is 0. The van der Waals surface area contributed by atoms with Crippen LogP contribution in [0.2, 0.25) is 0 Å². The maximum absolute atomic E-state index is 12.0. The fourth-order valence-electron chi connectivity index (χ4n) is 2.09. The summed E-state index contributed by atoms with van der Waals surface area (Å²) in [6.45, 7) is 3.11. The van der Waals surface area contributed by atoms with Crippen LogP contribution >= 0.6 is 0 Å². The summed E-state index contributed by atoms with van der Waals surface area (Å²) < 4.78 is 24.1. The topological polar surface area (TPSA) is 32.3 Å². The van der Waals surface area contributed by atoms with Gasteiger partial charge in [-0.2, -0.15) is 8.78 Å². The number of nitrogens with zero attached hydrogens (tertiary/aromatic N) is 1. The lowest BCUT2D eigenvalue weighted by atomic mass is 10.2. The average Bonchev–Trinajstić information content (AvgIpc) is 2.84. The molecular formula is C13H16F2N2O.